The van der Waals surface area contributed by atoms with Crippen LogP contribution in [0.2, 0.25) is 0 Å². The van der Waals surface area contributed by atoms with Gasteiger partial charge in [-0.15, -0.1) is 0 Å². The molecule has 0 bridgehead atoms. The van der Waals surface area contributed by atoms with E-state index in [1.165, 1.54) is 19.3 Å². The molecule has 24 heavy (non-hydrogen) atoms. The normalized spacial score (nSPS) is 60.6. The summed E-state index contributed by atoms with van der Waals surface area (Å²) in [7, 11) is 0. The Morgan fingerprint density at radius 1 is 1.00 bits per heavy atom. The molecule has 4 aliphatic carbocycles. The van der Waals surface area contributed by atoms with Crippen LogP contribution in [0.5, 0.6) is 0 Å². The topological polar surface area (TPSA) is 37.3 Å². The first-order chi connectivity index (χ1) is 11.6. The number of Topliss-reactive ketones (excluding diaryl/α,β-unsaturated/α-hetero) is 1. The number of carbonyl (C=O) groups excluding carboxylic acids is 1. The van der Waals surface area contributed by atoms with Crippen LogP contribution >= 0.6 is 0 Å². The predicted molar refractivity (Wildman–Crippen MR) is 96.5 cm³/mol. The molecule has 9 atom stereocenters. The Kier molecular flexibility index (Phi) is 3.51. The quantitative estimate of drug-likeness (QED) is 0.734. The third-order valence-corrected chi connectivity index (χ3v) is 9.17. The van der Waals surface area contributed by atoms with Crippen LogP contribution in [0.1, 0.15) is 86.8 Å². The highest BCUT2D eigenvalue weighted by Gasteiger charge is 2.61. The highest BCUT2D eigenvalue weighted by Crippen LogP contribution is 2.68. The monoisotopic (exact) mass is 333 g/mol. The number of rotatable bonds is 1. The molecule has 2 heteroatoms. The maximum absolute atomic E-state index is 12.3. The molecule has 0 aromatic carbocycles. The number of ketones is 1. The van der Waals surface area contributed by atoms with Gasteiger partial charge in [0.2, 0.25) is 0 Å². The third kappa shape index (κ3) is 2.27. The number of fused-ring (bicyclic) bond motifs is 5. The Bertz CT molecular complexity index is 572. The van der Waals surface area contributed by atoms with Crippen LogP contribution in [0, 0.1) is 40.4 Å². The first-order valence-electron chi connectivity index (χ1n) is 10.8. The van der Waals surface area contributed by atoms with Crippen LogP contribution in [0.3, 0.4) is 0 Å². The zero-order chi connectivity index (χ0) is 18.2. The minimum atomic E-state index is -0.473. The largest absolute Gasteiger partial charge is 0.390 e. The highest BCUT2D eigenvalue weighted by atomic mass is 16.3. The fourth-order valence-electron chi connectivity index (χ4n) is 7.79. The molecule has 0 radical (unpaired) electrons. The Hall–Kier alpha value is -0.370. The van der Waals surface area contributed by atoms with Crippen LogP contribution in [0.25, 0.3) is 0 Å². The second-order valence-corrected chi connectivity index (χ2v) is 10.5. The van der Waals surface area contributed by atoms with E-state index in [9.17, 15) is 9.90 Å². The Labute approximate surface area is 149 Å². The molecule has 0 spiro atoms. The second kappa shape index (κ2) is 5.32. The minimum Gasteiger partial charge on any atom is -0.390 e. The molecule has 4 rings (SSSR count). The molecule has 0 aromatic heterocycles. The lowest BCUT2D eigenvalue weighted by Gasteiger charge is -2.61. The molecule has 0 saturated heterocycles. The average molecular weight is 334 g/mol. The SMILES string of the molecule is [2H]C1C[C@H]2[C@@H]3CC[C@H]4C[C@](C)(O)CC[C@]4(C)[C@H]3CC[C@]2(C)[C@H]1C(C)=O. The van der Waals surface area contributed by atoms with E-state index in [-0.39, 0.29) is 23.5 Å². The van der Waals surface area contributed by atoms with Gasteiger partial charge in [-0.2, -0.15) is 0 Å². The summed E-state index contributed by atoms with van der Waals surface area (Å²) in [5.74, 6) is 2.84. The standard InChI is InChI=1S/C22H36O2/c1-14(23)17-7-8-18-16-6-5-15-13-20(2,24)11-12-21(15,3)19(16)9-10-22(17,18)4/h15-19,24H,5-13H2,1-4H3/t15-,16-,17+,18-,19-,20+,21-,22+/m0/s1/i7D/t7?,15-,16-,17+,18-,19-,20+,21-,22+. The maximum Gasteiger partial charge on any atom is 0.133 e. The summed E-state index contributed by atoms with van der Waals surface area (Å²) >= 11 is 0. The van der Waals surface area contributed by atoms with E-state index >= 15 is 0 Å². The first kappa shape index (κ1) is 15.9. The fourth-order valence-corrected chi connectivity index (χ4v) is 7.79. The second-order valence-electron chi connectivity index (χ2n) is 10.5. The summed E-state index contributed by atoms with van der Waals surface area (Å²) in [6, 6.07) is 0. The van der Waals surface area contributed by atoms with Gasteiger partial charge in [0, 0.05) is 7.29 Å². The van der Waals surface area contributed by atoms with Crippen LogP contribution in [-0.4, -0.2) is 16.5 Å². The van der Waals surface area contributed by atoms with Crippen LogP contribution < -0.4 is 0 Å². The van der Waals surface area contributed by atoms with Gasteiger partial charge in [-0.3, -0.25) is 4.79 Å². The summed E-state index contributed by atoms with van der Waals surface area (Å²) in [5.41, 5.74) is -0.0549. The molecule has 4 saturated carbocycles. The van der Waals surface area contributed by atoms with Crippen molar-refractivity contribution in [1.82, 2.24) is 0 Å². The van der Waals surface area contributed by atoms with E-state index < -0.39 is 5.60 Å². The third-order valence-electron chi connectivity index (χ3n) is 9.17. The van der Waals surface area contributed by atoms with Gasteiger partial charge in [0.15, 0.2) is 0 Å². The van der Waals surface area contributed by atoms with Gasteiger partial charge in [-0.05, 0) is 106 Å². The molecule has 0 heterocycles. The Balaban J connectivity index is 1.63. The van der Waals surface area contributed by atoms with Crippen molar-refractivity contribution < 1.29 is 11.3 Å². The van der Waals surface area contributed by atoms with Crippen molar-refractivity contribution in [2.24, 2.45) is 40.4 Å². The maximum atomic E-state index is 12.3. The molecular formula is C22H36O2. The van der Waals surface area contributed by atoms with Crippen LogP contribution in [0.15, 0.2) is 0 Å². The zero-order valence-electron chi connectivity index (χ0n) is 17.0. The van der Waals surface area contributed by atoms with Gasteiger partial charge in [0.05, 0.1) is 5.60 Å². The van der Waals surface area contributed by atoms with Gasteiger partial charge in [-0.1, -0.05) is 13.8 Å². The fraction of sp³-hybridized carbons (Fsp3) is 0.955. The van der Waals surface area contributed by atoms with E-state index in [1.54, 1.807) is 6.92 Å². The van der Waals surface area contributed by atoms with Crippen molar-refractivity contribution in [1.29, 1.82) is 0 Å². The van der Waals surface area contributed by atoms with Gasteiger partial charge in [-0.25, -0.2) is 0 Å². The molecule has 2 nitrogen and oxygen atoms in total. The smallest absolute Gasteiger partial charge is 0.133 e. The molecule has 1 N–H and O–H groups in total. The van der Waals surface area contributed by atoms with E-state index in [0.29, 0.717) is 23.2 Å². The van der Waals surface area contributed by atoms with Crippen LogP contribution in [0.4, 0.5) is 0 Å². The zero-order valence-corrected chi connectivity index (χ0v) is 16.0. The van der Waals surface area contributed by atoms with Gasteiger partial charge >= 0.3 is 0 Å². The summed E-state index contributed by atoms with van der Waals surface area (Å²) in [6.45, 7) is 8.57. The lowest BCUT2D eigenvalue weighted by atomic mass is 9.44. The number of aliphatic hydroxyl groups is 1. The van der Waals surface area contributed by atoms with Gasteiger partial charge in [0.25, 0.3) is 0 Å². The lowest BCUT2D eigenvalue weighted by molar-refractivity contribution is -0.150. The predicted octanol–water partition coefficient (Wildman–Crippen LogP) is 4.99. The number of hydrogen-bond acceptors (Lipinski definition) is 2. The van der Waals surface area contributed by atoms with Crippen molar-refractivity contribution in [3.63, 3.8) is 0 Å². The van der Waals surface area contributed by atoms with E-state index in [1.807, 2.05) is 6.92 Å². The summed E-state index contributed by atoms with van der Waals surface area (Å²) in [6.07, 6.45) is 8.61. The van der Waals surface area contributed by atoms with Crippen molar-refractivity contribution in [3.05, 3.63) is 0 Å². The molecule has 0 amide bonds. The number of carbonyl (C=O) groups is 1. The molecule has 1 unspecified atom stereocenters. The highest BCUT2D eigenvalue weighted by molar-refractivity contribution is 5.79. The van der Waals surface area contributed by atoms with Crippen molar-refractivity contribution >= 4 is 5.78 Å². The van der Waals surface area contributed by atoms with E-state index in [4.69, 9.17) is 1.37 Å². The molecule has 4 aliphatic rings. The Morgan fingerprint density at radius 3 is 2.42 bits per heavy atom. The number of hydrogen-bond donors (Lipinski definition) is 1. The van der Waals surface area contributed by atoms with Crippen molar-refractivity contribution in [2.45, 2.75) is 91.1 Å². The van der Waals surface area contributed by atoms with E-state index in [2.05, 4.69) is 13.8 Å². The Morgan fingerprint density at radius 2 is 1.71 bits per heavy atom. The van der Waals surface area contributed by atoms with Crippen molar-refractivity contribution in [3.8, 4) is 0 Å². The van der Waals surface area contributed by atoms with Crippen molar-refractivity contribution in [2.75, 3.05) is 0 Å². The summed E-state index contributed by atoms with van der Waals surface area (Å²) < 4.78 is 8.58. The molecule has 0 aromatic rings. The molecule has 4 fully saturated rings. The summed E-state index contributed by atoms with van der Waals surface area (Å²) in [4.78, 5) is 12.3. The average Bonchev–Trinajstić information content (AvgIpc) is 2.78. The molecule has 0 aliphatic heterocycles. The minimum absolute atomic E-state index is 0.0453. The first-order valence-corrected chi connectivity index (χ1v) is 10.2. The van der Waals surface area contributed by atoms with Gasteiger partial charge in [0.1, 0.15) is 5.78 Å². The van der Waals surface area contributed by atoms with Gasteiger partial charge < -0.3 is 5.11 Å². The molecular weight excluding hydrogens is 296 g/mol. The van der Waals surface area contributed by atoms with Crippen LogP contribution in [-0.2, 0) is 4.79 Å². The van der Waals surface area contributed by atoms with E-state index in [0.717, 1.165) is 38.0 Å². The molecule has 136 valence electrons. The lowest BCUT2D eigenvalue weighted by Crippen LogP contribution is -2.55. The summed E-state index contributed by atoms with van der Waals surface area (Å²) in [5, 5.41) is 10.6.